The average Bonchev–Trinajstić information content (AvgIpc) is 2.78. The zero-order valence-corrected chi connectivity index (χ0v) is 9.06. The zero-order valence-electron chi connectivity index (χ0n) is 9.06. The van der Waals surface area contributed by atoms with Crippen molar-refractivity contribution in [1.82, 2.24) is 4.98 Å². The third-order valence-electron chi connectivity index (χ3n) is 2.38. The summed E-state index contributed by atoms with van der Waals surface area (Å²) < 4.78 is 18.2. The number of rotatable bonds is 4. The Morgan fingerprint density at radius 2 is 2.31 bits per heavy atom. The first-order valence-electron chi connectivity index (χ1n) is 5.18. The Bertz CT molecular complexity index is 442. The van der Waals surface area contributed by atoms with E-state index in [9.17, 15) is 4.39 Å². The van der Waals surface area contributed by atoms with Gasteiger partial charge >= 0.3 is 0 Å². The molecule has 3 nitrogen and oxygen atoms in total. The molecule has 2 heterocycles. The minimum atomic E-state index is -0.463. The van der Waals surface area contributed by atoms with E-state index in [4.69, 9.17) is 4.42 Å². The third-order valence-corrected chi connectivity index (χ3v) is 2.38. The molecular weight excluding hydrogens is 207 g/mol. The molecule has 0 aliphatic rings. The SMILES string of the molecule is CCN(Cc1ccco1)c1ccnc(F)c1. The predicted octanol–water partition coefficient (Wildman–Crippen LogP) is 2.84. The van der Waals surface area contributed by atoms with E-state index >= 15 is 0 Å². The molecule has 0 spiro atoms. The maximum Gasteiger partial charge on any atom is 0.214 e. The van der Waals surface area contributed by atoms with Gasteiger partial charge in [-0.25, -0.2) is 4.98 Å². The molecule has 4 heteroatoms. The predicted molar refractivity (Wildman–Crippen MR) is 59.6 cm³/mol. The summed E-state index contributed by atoms with van der Waals surface area (Å²) in [5, 5.41) is 0. The molecule has 2 rings (SSSR count). The molecule has 0 radical (unpaired) electrons. The van der Waals surface area contributed by atoms with Gasteiger partial charge < -0.3 is 9.32 Å². The van der Waals surface area contributed by atoms with Crippen LogP contribution in [-0.2, 0) is 6.54 Å². The smallest absolute Gasteiger partial charge is 0.214 e. The van der Waals surface area contributed by atoms with Crippen LogP contribution in [0.4, 0.5) is 10.1 Å². The molecule has 0 aliphatic carbocycles. The van der Waals surface area contributed by atoms with Crippen LogP contribution in [0.3, 0.4) is 0 Å². The standard InChI is InChI=1S/C12H13FN2O/c1-2-15(9-11-4-3-7-16-11)10-5-6-14-12(13)8-10/h3-8H,2,9H2,1H3. The molecule has 0 unspecified atom stereocenters. The minimum absolute atomic E-state index is 0.463. The summed E-state index contributed by atoms with van der Waals surface area (Å²) >= 11 is 0. The molecule has 0 bridgehead atoms. The summed E-state index contributed by atoms with van der Waals surface area (Å²) in [5.74, 6) is 0.398. The molecule has 2 aromatic heterocycles. The Morgan fingerprint density at radius 1 is 1.44 bits per heavy atom. The second-order valence-electron chi connectivity index (χ2n) is 3.43. The molecule has 0 saturated heterocycles. The minimum Gasteiger partial charge on any atom is -0.467 e. The van der Waals surface area contributed by atoms with E-state index in [0.29, 0.717) is 6.54 Å². The Labute approximate surface area is 93.5 Å². The van der Waals surface area contributed by atoms with Gasteiger partial charge in [0.1, 0.15) is 5.76 Å². The van der Waals surface area contributed by atoms with Gasteiger partial charge in [0.05, 0.1) is 12.8 Å². The maximum absolute atomic E-state index is 13.0. The lowest BCUT2D eigenvalue weighted by Crippen LogP contribution is -2.21. The second kappa shape index (κ2) is 4.79. The van der Waals surface area contributed by atoms with Gasteiger partial charge in [0.15, 0.2) is 0 Å². The number of furan rings is 1. The summed E-state index contributed by atoms with van der Waals surface area (Å²) in [5.41, 5.74) is 0.811. The van der Waals surface area contributed by atoms with Crippen molar-refractivity contribution >= 4 is 5.69 Å². The Kier molecular flexibility index (Phi) is 3.19. The summed E-state index contributed by atoms with van der Waals surface area (Å²) in [7, 11) is 0. The molecule has 0 aromatic carbocycles. The fourth-order valence-corrected chi connectivity index (χ4v) is 1.57. The van der Waals surface area contributed by atoms with Gasteiger partial charge in [-0.05, 0) is 25.1 Å². The summed E-state index contributed by atoms with van der Waals surface area (Å²) in [4.78, 5) is 5.55. The number of hydrogen-bond donors (Lipinski definition) is 0. The topological polar surface area (TPSA) is 29.3 Å². The maximum atomic E-state index is 13.0. The van der Waals surface area contributed by atoms with Crippen LogP contribution in [0.1, 0.15) is 12.7 Å². The summed E-state index contributed by atoms with van der Waals surface area (Å²) in [6.07, 6.45) is 3.10. The highest BCUT2D eigenvalue weighted by Gasteiger charge is 2.07. The summed E-state index contributed by atoms with van der Waals surface area (Å²) in [6.45, 7) is 3.43. The Morgan fingerprint density at radius 3 is 2.94 bits per heavy atom. The van der Waals surface area contributed by atoms with Crippen molar-refractivity contribution in [2.24, 2.45) is 0 Å². The lowest BCUT2D eigenvalue weighted by Gasteiger charge is -2.21. The van der Waals surface area contributed by atoms with E-state index in [1.165, 1.54) is 12.3 Å². The van der Waals surface area contributed by atoms with Crippen molar-refractivity contribution in [1.29, 1.82) is 0 Å². The highest BCUT2D eigenvalue weighted by Crippen LogP contribution is 2.17. The summed E-state index contributed by atoms with van der Waals surface area (Å²) in [6, 6.07) is 6.96. The highest BCUT2D eigenvalue weighted by molar-refractivity contribution is 5.44. The average molecular weight is 220 g/mol. The number of aromatic nitrogens is 1. The van der Waals surface area contributed by atoms with E-state index in [1.54, 1.807) is 12.3 Å². The molecule has 2 aromatic rings. The van der Waals surface area contributed by atoms with Crippen molar-refractivity contribution in [3.63, 3.8) is 0 Å². The van der Waals surface area contributed by atoms with Crippen LogP contribution in [0.5, 0.6) is 0 Å². The van der Waals surface area contributed by atoms with Crippen molar-refractivity contribution in [3.05, 3.63) is 48.4 Å². The molecule has 0 N–H and O–H groups in total. The quantitative estimate of drug-likeness (QED) is 0.742. The van der Waals surface area contributed by atoms with Crippen molar-refractivity contribution < 1.29 is 8.81 Å². The Balaban J connectivity index is 2.16. The van der Waals surface area contributed by atoms with E-state index < -0.39 is 5.95 Å². The van der Waals surface area contributed by atoms with Crippen LogP contribution in [0.15, 0.2) is 41.1 Å². The van der Waals surface area contributed by atoms with Crippen molar-refractivity contribution in [3.8, 4) is 0 Å². The van der Waals surface area contributed by atoms with E-state index in [1.807, 2.05) is 24.0 Å². The largest absolute Gasteiger partial charge is 0.467 e. The van der Waals surface area contributed by atoms with Crippen LogP contribution in [-0.4, -0.2) is 11.5 Å². The monoisotopic (exact) mass is 220 g/mol. The number of anilines is 1. The Hall–Kier alpha value is -1.84. The molecule has 16 heavy (non-hydrogen) atoms. The normalized spacial score (nSPS) is 10.4. The number of halogens is 1. The van der Waals surface area contributed by atoms with Crippen LogP contribution in [0.25, 0.3) is 0 Å². The van der Waals surface area contributed by atoms with Gasteiger partial charge in [-0.1, -0.05) is 0 Å². The van der Waals surface area contributed by atoms with Crippen molar-refractivity contribution in [2.45, 2.75) is 13.5 Å². The zero-order chi connectivity index (χ0) is 11.4. The number of pyridine rings is 1. The van der Waals surface area contributed by atoms with E-state index in [0.717, 1.165) is 18.0 Å². The first-order chi connectivity index (χ1) is 7.79. The van der Waals surface area contributed by atoms with Crippen LogP contribution in [0.2, 0.25) is 0 Å². The van der Waals surface area contributed by atoms with Crippen molar-refractivity contribution in [2.75, 3.05) is 11.4 Å². The van der Waals surface area contributed by atoms with Gasteiger partial charge in [0.2, 0.25) is 5.95 Å². The molecule has 0 amide bonds. The van der Waals surface area contributed by atoms with Crippen LogP contribution >= 0.6 is 0 Å². The van der Waals surface area contributed by atoms with Gasteiger partial charge in [0, 0.05) is 24.5 Å². The fraction of sp³-hybridized carbons (Fsp3) is 0.250. The second-order valence-corrected chi connectivity index (χ2v) is 3.43. The molecule has 0 fully saturated rings. The van der Waals surface area contributed by atoms with E-state index in [2.05, 4.69) is 4.98 Å². The lowest BCUT2D eigenvalue weighted by atomic mass is 10.3. The van der Waals surface area contributed by atoms with Gasteiger partial charge in [0.25, 0.3) is 0 Å². The lowest BCUT2D eigenvalue weighted by molar-refractivity contribution is 0.503. The molecular formula is C12H13FN2O. The fourth-order valence-electron chi connectivity index (χ4n) is 1.57. The number of hydrogen-bond acceptors (Lipinski definition) is 3. The van der Waals surface area contributed by atoms with Gasteiger partial charge in [-0.3, -0.25) is 0 Å². The van der Waals surface area contributed by atoms with Gasteiger partial charge in [-0.2, -0.15) is 4.39 Å². The molecule has 0 aliphatic heterocycles. The van der Waals surface area contributed by atoms with E-state index in [-0.39, 0.29) is 0 Å². The molecule has 0 atom stereocenters. The first kappa shape index (κ1) is 10.7. The van der Waals surface area contributed by atoms with Crippen LogP contribution < -0.4 is 4.90 Å². The van der Waals surface area contributed by atoms with Gasteiger partial charge in [-0.15, -0.1) is 0 Å². The highest BCUT2D eigenvalue weighted by atomic mass is 19.1. The number of nitrogens with zero attached hydrogens (tertiary/aromatic N) is 2. The third kappa shape index (κ3) is 2.39. The molecule has 0 saturated carbocycles. The van der Waals surface area contributed by atoms with Crippen LogP contribution in [0, 0.1) is 5.95 Å². The first-order valence-corrected chi connectivity index (χ1v) is 5.18. The molecule has 84 valence electrons.